The quantitative estimate of drug-likeness (QED) is 0.240. The molecule has 6 nitrogen and oxygen atoms in total. The van der Waals surface area contributed by atoms with Crippen LogP contribution in [0.4, 0.5) is 0 Å². The number of unbranched alkanes of at least 4 members (excludes halogenated alkanes) is 2. The van der Waals surface area contributed by atoms with E-state index >= 15 is 0 Å². The summed E-state index contributed by atoms with van der Waals surface area (Å²) in [5.41, 5.74) is 0.326. The lowest BCUT2D eigenvalue weighted by Gasteiger charge is -2.14. The minimum absolute atomic E-state index is 0.0239. The van der Waals surface area contributed by atoms with Crippen LogP contribution in [0.2, 0.25) is 0 Å². The van der Waals surface area contributed by atoms with Gasteiger partial charge in [0.25, 0.3) is 0 Å². The van der Waals surface area contributed by atoms with Crippen LogP contribution in [0.5, 0.6) is 0 Å². The molecule has 1 aromatic carbocycles. The Morgan fingerprint density at radius 1 is 0.833 bits per heavy atom. The van der Waals surface area contributed by atoms with Crippen LogP contribution in [-0.2, 0) is 14.2 Å². The molecule has 6 heteroatoms. The fraction of sp³-hybridized carbons (Fsp3) is 0.625. The standard InChI is InChI=1S/C24H36O6/c1-6-8-9-13-28-22(25)19-10-11-20(23(26)29-14-12-17(3)4)21(15-19)24(27)30-16-18(5)7-2/h10-11,15,17-18H,6-9,12-14,16H2,1-5H3. The summed E-state index contributed by atoms with van der Waals surface area (Å²) in [4.78, 5) is 37.5. The van der Waals surface area contributed by atoms with Crippen LogP contribution in [0.1, 0.15) is 97.8 Å². The van der Waals surface area contributed by atoms with E-state index in [1.165, 1.54) is 18.2 Å². The summed E-state index contributed by atoms with van der Waals surface area (Å²) in [6.45, 7) is 10.9. The highest BCUT2D eigenvalue weighted by molar-refractivity contribution is 6.05. The number of esters is 3. The van der Waals surface area contributed by atoms with E-state index in [1.807, 2.05) is 27.7 Å². The van der Waals surface area contributed by atoms with Gasteiger partial charge in [-0.15, -0.1) is 0 Å². The van der Waals surface area contributed by atoms with Crippen molar-refractivity contribution in [2.45, 2.75) is 66.7 Å². The van der Waals surface area contributed by atoms with E-state index in [-0.39, 0.29) is 35.8 Å². The van der Waals surface area contributed by atoms with Crippen LogP contribution in [0.25, 0.3) is 0 Å². The number of carbonyl (C=O) groups excluding carboxylic acids is 3. The summed E-state index contributed by atoms with van der Waals surface area (Å²) in [5.74, 6) is -1.19. The second-order valence-corrected chi connectivity index (χ2v) is 8.03. The molecule has 0 bridgehead atoms. The van der Waals surface area contributed by atoms with Gasteiger partial charge in [-0.2, -0.15) is 0 Å². The molecular weight excluding hydrogens is 384 g/mol. The highest BCUT2D eigenvalue weighted by Gasteiger charge is 2.23. The summed E-state index contributed by atoms with van der Waals surface area (Å²) in [6, 6.07) is 4.27. The Hall–Kier alpha value is -2.37. The van der Waals surface area contributed by atoms with Gasteiger partial charge in [0.2, 0.25) is 0 Å². The summed E-state index contributed by atoms with van der Waals surface area (Å²) in [7, 11) is 0. The zero-order chi connectivity index (χ0) is 22.5. The third kappa shape index (κ3) is 8.97. The van der Waals surface area contributed by atoms with E-state index in [1.54, 1.807) is 0 Å². The van der Waals surface area contributed by atoms with Gasteiger partial charge < -0.3 is 14.2 Å². The maximum absolute atomic E-state index is 12.7. The van der Waals surface area contributed by atoms with Crippen LogP contribution >= 0.6 is 0 Å². The SMILES string of the molecule is CCCCCOC(=O)c1ccc(C(=O)OCCC(C)C)c(C(=O)OCC(C)CC)c1. The van der Waals surface area contributed by atoms with Gasteiger partial charge in [-0.1, -0.05) is 53.9 Å². The molecule has 1 rings (SSSR count). The molecule has 30 heavy (non-hydrogen) atoms. The zero-order valence-corrected chi connectivity index (χ0v) is 19.0. The Morgan fingerprint density at radius 3 is 2.13 bits per heavy atom. The summed E-state index contributed by atoms with van der Waals surface area (Å²) in [6.07, 6.45) is 4.37. The van der Waals surface area contributed by atoms with Crippen molar-refractivity contribution >= 4 is 17.9 Å². The molecule has 0 saturated heterocycles. The minimum atomic E-state index is -0.647. The number of hydrogen-bond donors (Lipinski definition) is 0. The first-order valence-electron chi connectivity index (χ1n) is 10.9. The van der Waals surface area contributed by atoms with E-state index in [9.17, 15) is 14.4 Å². The first kappa shape index (κ1) is 25.7. The maximum atomic E-state index is 12.7. The van der Waals surface area contributed by atoms with Gasteiger partial charge >= 0.3 is 17.9 Å². The Labute approximate surface area is 180 Å². The van der Waals surface area contributed by atoms with Crippen LogP contribution < -0.4 is 0 Å². The second-order valence-electron chi connectivity index (χ2n) is 8.03. The summed E-state index contributed by atoms with van der Waals surface area (Å²) in [5, 5.41) is 0. The van der Waals surface area contributed by atoms with Crippen molar-refractivity contribution in [2.75, 3.05) is 19.8 Å². The number of benzene rings is 1. The monoisotopic (exact) mass is 420 g/mol. The van der Waals surface area contributed by atoms with Crippen molar-refractivity contribution in [3.63, 3.8) is 0 Å². The molecule has 0 radical (unpaired) electrons. The van der Waals surface area contributed by atoms with Gasteiger partial charge in [0.1, 0.15) is 0 Å². The lowest BCUT2D eigenvalue weighted by molar-refractivity contribution is 0.0415. The lowest BCUT2D eigenvalue weighted by Crippen LogP contribution is -2.18. The Kier molecular flexibility index (Phi) is 11.8. The average Bonchev–Trinajstić information content (AvgIpc) is 2.73. The zero-order valence-electron chi connectivity index (χ0n) is 19.0. The van der Waals surface area contributed by atoms with E-state index in [0.29, 0.717) is 12.5 Å². The van der Waals surface area contributed by atoms with Crippen molar-refractivity contribution < 1.29 is 28.6 Å². The van der Waals surface area contributed by atoms with Crippen molar-refractivity contribution in [1.29, 1.82) is 0 Å². The summed E-state index contributed by atoms with van der Waals surface area (Å²) < 4.78 is 15.9. The predicted octanol–water partition coefficient (Wildman–Crippen LogP) is 5.44. The normalized spacial score (nSPS) is 11.8. The smallest absolute Gasteiger partial charge is 0.339 e. The molecule has 1 aromatic rings. The van der Waals surface area contributed by atoms with Crippen LogP contribution in [0.3, 0.4) is 0 Å². The van der Waals surface area contributed by atoms with Gasteiger partial charge in [-0.05, 0) is 42.9 Å². The molecule has 0 saturated carbocycles. The van der Waals surface area contributed by atoms with Crippen molar-refractivity contribution in [1.82, 2.24) is 0 Å². The van der Waals surface area contributed by atoms with Gasteiger partial charge in [0.05, 0.1) is 36.5 Å². The molecule has 0 amide bonds. The molecule has 0 N–H and O–H groups in total. The van der Waals surface area contributed by atoms with Gasteiger partial charge in [0.15, 0.2) is 0 Å². The van der Waals surface area contributed by atoms with E-state index in [0.717, 1.165) is 32.1 Å². The van der Waals surface area contributed by atoms with Crippen LogP contribution in [0, 0.1) is 11.8 Å². The third-order valence-corrected chi connectivity index (χ3v) is 4.80. The molecule has 0 aromatic heterocycles. The molecule has 168 valence electrons. The average molecular weight is 421 g/mol. The first-order valence-corrected chi connectivity index (χ1v) is 10.9. The maximum Gasteiger partial charge on any atom is 0.339 e. The molecule has 0 heterocycles. The lowest BCUT2D eigenvalue weighted by atomic mass is 10.0. The van der Waals surface area contributed by atoms with Gasteiger partial charge in [-0.3, -0.25) is 0 Å². The van der Waals surface area contributed by atoms with Crippen molar-refractivity contribution in [3.8, 4) is 0 Å². The molecular formula is C24H36O6. The molecule has 0 aliphatic carbocycles. The minimum Gasteiger partial charge on any atom is -0.462 e. The van der Waals surface area contributed by atoms with Crippen molar-refractivity contribution in [3.05, 3.63) is 34.9 Å². The highest BCUT2D eigenvalue weighted by Crippen LogP contribution is 2.18. The van der Waals surface area contributed by atoms with Gasteiger partial charge in [0, 0.05) is 0 Å². The summed E-state index contributed by atoms with van der Waals surface area (Å²) >= 11 is 0. The molecule has 1 atom stereocenters. The fourth-order valence-electron chi connectivity index (χ4n) is 2.50. The predicted molar refractivity (Wildman–Crippen MR) is 116 cm³/mol. The number of hydrogen-bond acceptors (Lipinski definition) is 6. The molecule has 0 fully saturated rings. The topological polar surface area (TPSA) is 78.9 Å². The van der Waals surface area contributed by atoms with Crippen molar-refractivity contribution in [2.24, 2.45) is 11.8 Å². The van der Waals surface area contributed by atoms with Gasteiger partial charge in [-0.25, -0.2) is 14.4 Å². The Morgan fingerprint density at radius 2 is 1.50 bits per heavy atom. The molecule has 0 spiro atoms. The van der Waals surface area contributed by atoms with E-state index in [4.69, 9.17) is 14.2 Å². The van der Waals surface area contributed by atoms with Crippen LogP contribution in [0.15, 0.2) is 18.2 Å². The molecule has 0 aliphatic heterocycles. The Bertz CT molecular complexity index is 695. The largest absolute Gasteiger partial charge is 0.462 e. The second kappa shape index (κ2) is 13.8. The number of ether oxygens (including phenoxy) is 3. The first-order chi connectivity index (χ1) is 14.3. The Balaban J connectivity index is 3.00. The fourth-order valence-corrected chi connectivity index (χ4v) is 2.50. The van der Waals surface area contributed by atoms with E-state index in [2.05, 4.69) is 6.92 Å². The van der Waals surface area contributed by atoms with Crippen LogP contribution in [-0.4, -0.2) is 37.7 Å². The number of carbonyl (C=O) groups is 3. The molecule has 0 aliphatic rings. The van der Waals surface area contributed by atoms with E-state index < -0.39 is 17.9 Å². The highest BCUT2D eigenvalue weighted by atomic mass is 16.5. The number of rotatable bonds is 13. The molecule has 1 unspecified atom stereocenters. The third-order valence-electron chi connectivity index (χ3n) is 4.80.